The summed E-state index contributed by atoms with van der Waals surface area (Å²) >= 11 is 0. The zero-order valence-corrected chi connectivity index (χ0v) is 9.45. The van der Waals surface area contributed by atoms with Crippen molar-refractivity contribution in [3.8, 4) is 0 Å². The van der Waals surface area contributed by atoms with Gasteiger partial charge in [0, 0.05) is 13.1 Å². The van der Waals surface area contributed by atoms with Crippen LogP contribution in [0.2, 0.25) is 0 Å². The van der Waals surface area contributed by atoms with E-state index in [2.05, 4.69) is 42.8 Å². The molecule has 0 bridgehead atoms. The normalized spacial score (nSPS) is 27.9. The van der Waals surface area contributed by atoms with Gasteiger partial charge in [-0.2, -0.15) is 0 Å². The van der Waals surface area contributed by atoms with Crippen LogP contribution in [0, 0.1) is 0 Å². The molecule has 0 spiro atoms. The number of hydrogen-bond donors (Lipinski definition) is 0. The number of hydrogen-bond acceptors (Lipinski definition) is 3. The Kier molecular flexibility index (Phi) is 4.16. The molecule has 1 atom stereocenters. The Bertz CT molecular complexity index is 147. The lowest BCUT2D eigenvalue weighted by atomic mass is 10.3. The molecule has 0 saturated carbocycles. The molecule has 0 amide bonds. The molecule has 3 nitrogen and oxygen atoms in total. The molecule has 1 heterocycles. The molecule has 1 rings (SSSR count). The second kappa shape index (κ2) is 4.94. The van der Waals surface area contributed by atoms with Crippen molar-refractivity contribution in [1.29, 1.82) is 0 Å². The van der Waals surface area contributed by atoms with E-state index in [1.807, 2.05) is 0 Å². The second-order valence-electron chi connectivity index (χ2n) is 4.19. The van der Waals surface area contributed by atoms with Gasteiger partial charge in [0.1, 0.15) is 0 Å². The minimum absolute atomic E-state index is 0.595. The third-order valence-corrected chi connectivity index (χ3v) is 2.88. The zero-order chi connectivity index (χ0) is 9.84. The summed E-state index contributed by atoms with van der Waals surface area (Å²) in [5, 5.41) is 0. The SMILES string of the molecule is CCN1CCCN(C)CC1N(C)C. The number of nitrogens with zero attached hydrogens (tertiary/aromatic N) is 3. The smallest absolute Gasteiger partial charge is 0.0748 e. The highest BCUT2D eigenvalue weighted by molar-refractivity contribution is 4.75. The van der Waals surface area contributed by atoms with Crippen LogP contribution < -0.4 is 0 Å². The zero-order valence-electron chi connectivity index (χ0n) is 9.45. The highest BCUT2D eigenvalue weighted by atomic mass is 15.4. The summed E-state index contributed by atoms with van der Waals surface area (Å²) in [7, 11) is 6.56. The summed E-state index contributed by atoms with van der Waals surface area (Å²) in [6, 6.07) is 0. The molecule has 0 aliphatic carbocycles. The molecule has 1 aliphatic heterocycles. The van der Waals surface area contributed by atoms with Crippen LogP contribution in [0.5, 0.6) is 0 Å². The molecule has 3 heteroatoms. The van der Waals surface area contributed by atoms with Crippen molar-refractivity contribution in [2.24, 2.45) is 0 Å². The fourth-order valence-electron chi connectivity index (χ4n) is 2.04. The fourth-order valence-corrected chi connectivity index (χ4v) is 2.04. The van der Waals surface area contributed by atoms with Crippen molar-refractivity contribution in [2.75, 3.05) is 47.3 Å². The van der Waals surface area contributed by atoms with Gasteiger partial charge in [-0.05, 0) is 40.7 Å². The van der Waals surface area contributed by atoms with Crippen LogP contribution >= 0.6 is 0 Å². The third kappa shape index (κ3) is 2.93. The summed E-state index contributed by atoms with van der Waals surface area (Å²) < 4.78 is 0. The van der Waals surface area contributed by atoms with E-state index in [4.69, 9.17) is 0 Å². The molecule has 0 radical (unpaired) electrons. The molecule has 1 saturated heterocycles. The largest absolute Gasteiger partial charge is 0.303 e. The van der Waals surface area contributed by atoms with Crippen molar-refractivity contribution >= 4 is 0 Å². The molecule has 0 aromatic heterocycles. The average molecular weight is 185 g/mol. The predicted molar refractivity (Wildman–Crippen MR) is 56.8 cm³/mol. The fraction of sp³-hybridized carbons (Fsp3) is 1.00. The van der Waals surface area contributed by atoms with E-state index in [0.717, 1.165) is 6.54 Å². The van der Waals surface area contributed by atoms with Crippen LogP contribution in [0.15, 0.2) is 0 Å². The first kappa shape index (κ1) is 11.0. The summed E-state index contributed by atoms with van der Waals surface area (Å²) in [5.41, 5.74) is 0. The Morgan fingerprint density at radius 3 is 2.54 bits per heavy atom. The summed E-state index contributed by atoms with van der Waals surface area (Å²) in [4.78, 5) is 7.31. The molecule has 0 N–H and O–H groups in total. The van der Waals surface area contributed by atoms with Crippen LogP contribution in [-0.4, -0.2) is 68.2 Å². The first-order valence-corrected chi connectivity index (χ1v) is 5.24. The van der Waals surface area contributed by atoms with E-state index < -0.39 is 0 Å². The molecular weight excluding hydrogens is 162 g/mol. The lowest BCUT2D eigenvalue weighted by Crippen LogP contribution is -2.49. The van der Waals surface area contributed by atoms with Crippen LogP contribution in [-0.2, 0) is 0 Å². The molecular formula is C10H23N3. The number of rotatable bonds is 2. The lowest BCUT2D eigenvalue weighted by Gasteiger charge is -2.34. The van der Waals surface area contributed by atoms with Crippen molar-refractivity contribution in [2.45, 2.75) is 19.5 Å². The van der Waals surface area contributed by atoms with Gasteiger partial charge in [0.05, 0.1) is 6.17 Å². The Labute approximate surface area is 82.3 Å². The van der Waals surface area contributed by atoms with Gasteiger partial charge in [-0.15, -0.1) is 0 Å². The molecule has 1 unspecified atom stereocenters. The van der Waals surface area contributed by atoms with Crippen LogP contribution in [0.4, 0.5) is 0 Å². The van der Waals surface area contributed by atoms with Gasteiger partial charge >= 0.3 is 0 Å². The predicted octanol–water partition coefficient (Wildman–Crippen LogP) is 0.532. The first-order chi connectivity index (χ1) is 6.15. The Hall–Kier alpha value is -0.120. The maximum Gasteiger partial charge on any atom is 0.0748 e. The molecule has 0 aromatic carbocycles. The Morgan fingerprint density at radius 2 is 2.00 bits per heavy atom. The summed E-state index contributed by atoms with van der Waals surface area (Å²) in [6.45, 7) is 7.06. The Morgan fingerprint density at radius 1 is 1.31 bits per heavy atom. The van der Waals surface area contributed by atoms with Gasteiger partial charge < -0.3 is 4.90 Å². The topological polar surface area (TPSA) is 9.72 Å². The minimum Gasteiger partial charge on any atom is -0.303 e. The highest BCUT2D eigenvalue weighted by Gasteiger charge is 2.23. The van der Waals surface area contributed by atoms with Crippen LogP contribution in [0.25, 0.3) is 0 Å². The minimum atomic E-state index is 0.595. The molecule has 1 aliphatic rings. The van der Waals surface area contributed by atoms with Gasteiger partial charge in [0.2, 0.25) is 0 Å². The quantitative estimate of drug-likeness (QED) is 0.621. The third-order valence-electron chi connectivity index (χ3n) is 2.88. The first-order valence-electron chi connectivity index (χ1n) is 5.24. The van der Waals surface area contributed by atoms with E-state index in [9.17, 15) is 0 Å². The van der Waals surface area contributed by atoms with Crippen molar-refractivity contribution in [1.82, 2.24) is 14.7 Å². The Balaban J connectivity index is 2.60. The van der Waals surface area contributed by atoms with Gasteiger partial charge in [-0.3, -0.25) is 9.80 Å². The molecule has 1 fully saturated rings. The maximum atomic E-state index is 2.56. The van der Waals surface area contributed by atoms with Crippen LogP contribution in [0.3, 0.4) is 0 Å². The van der Waals surface area contributed by atoms with Gasteiger partial charge in [-0.25, -0.2) is 0 Å². The maximum absolute atomic E-state index is 2.56. The van der Waals surface area contributed by atoms with E-state index >= 15 is 0 Å². The van der Waals surface area contributed by atoms with E-state index in [-0.39, 0.29) is 0 Å². The standard InChI is InChI=1S/C10H23N3/c1-5-13-8-6-7-12(4)9-10(13)11(2)3/h10H,5-9H2,1-4H3. The lowest BCUT2D eigenvalue weighted by molar-refractivity contribution is 0.0774. The summed E-state index contributed by atoms with van der Waals surface area (Å²) in [5.74, 6) is 0. The van der Waals surface area contributed by atoms with Crippen molar-refractivity contribution in [3.63, 3.8) is 0 Å². The van der Waals surface area contributed by atoms with E-state index in [0.29, 0.717) is 6.17 Å². The summed E-state index contributed by atoms with van der Waals surface area (Å²) in [6.07, 6.45) is 1.90. The van der Waals surface area contributed by atoms with Crippen LogP contribution in [0.1, 0.15) is 13.3 Å². The van der Waals surface area contributed by atoms with E-state index in [1.165, 1.54) is 26.1 Å². The highest BCUT2D eigenvalue weighted by Crippen LogP contribution is 2.09. The molecule has 0 aromatic rings. The second-order valence-corrected chi connectivity index (χ2v) is 4.19. The molecule has 78 valence electrons. The van der Waals surface area contributed by atoms with Gasteiger partial charge in [0.15, 0.2) is 0 Å². The van der Waals surface area contributed by atoms with E-state index in [1.54, 1.807) is 0 Å². The van der Waals surface area contributed by atoms with Gasteiger partial charge in [0.25, 0.3) is 0 Å². The number of likely N-dealkylation sites (N-methyl/N-ethyl adjacent to an activating group) is 3. The van der Waals surface area contributed by atoms with Crippen molar-refractivity contribution < 1.29 is 0 Å². The molecule has 13 heavy (non-hydrogen) atoms. The van der Waals surface area contributed by atoms with Gasteiger partial charge in [-0.1, -0.05) is 6.92 Å². The van der Waals surface area contributed by atoms with Crippen molar-refractivity contribution in [3.05, 3.63) is 0 Å². The monoisotopic (exact) mass is 185 g/mol. The average Bonchev–Trinajstić information content (AvgIpc) is 2.26.